The van der Waals surface area contributed by atoms with E-state index in [1.807, 2.05) is 29.8 Å². The molecule has 4 rings (SSSR count). The molecule has 0 saturated heterocycles. The zero-order chi connectivity index (χ0) is 19.8. The molecule has 0 fully saturated rings. The molecular formula is C24H20Cl2N2. The van der Waals surface area contributed by atoms with Crippen molar-refractivity contribution < 1.29 is 0 Å². The molecule has 0 saturated carbocycles. The fourth-order valence-electron chi connectivity index (χ4n) is 3.16. The van der Waals surface area contributed by atoms with Crippen molar-refractivity contribution in [2.24, 2.45) is 0 Å². The molecule has 0 aliphatic carbocycles. The maximum absolute atomic E-state index is 6.88. The van der Waals surface area contributed by atoms with Crippen molar-refractivity contribution in [1.29, 1.82) is 0 Å². The van der Waals surface area contributed by atoms with E-state index in [-0.39, 0.29) is 0 Å². The molecule has 4 aromatic rings. The van der Waals surface area contributed by atoms with Gasteiger partial charge in [0, 0.05) is 16.1 Å². The van der Waals surface area contributed by atoms with Gasteiger partial charge in [-0.2, -0.15) is 5.10 Å². The fraction of sp³-hybridized carbons (Fsp3) is 0.125. The Bertz CT molecular complexity index is 1140. The number of hydrogen-bond acceptors (Lipinski definition) is 1. The van der Waals surface area contributed by atoms with Gasteiger partial charge in [-0.3, -0.25) is 0 Å². The minimum atomic E-state index is 0.629. The Hall–Kier alpha value is -2.55. The van der Waals surface area contributed by atoms with Gasteiger partial charge in [0.05, 0.1) is 16.4 Å². The standard InChI is InChI=1S/C24H20Cl2N2/c1-15-4-9-18(10-5-15)23-22(26)24(19-11-6-16(2)7-12-19)28(27-23)20-13-8-17(3)21(25)14-20/h4-14H,1-3H3. The molecule has 28 heavy (non-hydrogen) atoms. The molecule has 0 amide bonds. The van der Waals surface area contributed by atoms with E-state index in [4.69, 9.17) is 28.3 Å². The predicted molar refractivity (Wildman–Crippen MR) is 119 cm³/mol. The summed E-state index contributed by atoms with van der Waals surface area (Å²) in [5.41, 5.74) is 7.92. The zero-order valence-corrected chi connectivity index (χ0v) is 17.5. The van der Waals surface area contributed by atoms with Gasteiger partial charge >= 0.3 is 0 Å². The number of benzene rings is 3. The van der Waals surface area contributed by atoms with Crippen LogP contribution < -0.4 is 0 Å². The third kappa shape index (κ3) is 3.46. The van der Waals surface area contributed by atoms with Crippen molar-refractivity contribution >= 4 is 23.2 Å². The fourth-order valence-corrected chi connectivity index (χ4v) is 3.67. The van der Waals surface area contributed by atoms with Crippen molar-refractivity contribution in [1.82, 2.24) is 9.78 Å². The van der Waals surface area contributed by atoms with E-state index in [2.05, 4.69) is 62.4 Å². The molecule has 0 N–H and O–H groups in total. The van der Waals surface area contributed by atoms with Gasteiger partial charge in [-0.1, -0.05) is 88.9 Å². The molecule has 0 aliphatic rings. The van der Waals surface area contributed by atoms with Crippen LogP contribution in [-0.2, 0) is 0 Å². The Labute approximate surface area is 175 Å². The maximum atomic E-state index is 6.88. The average Bonchev–Trinajstić information content (AvgIpc) is 3.02. The molecule has 0 spiro atoms. The molecule has 3 aromatic carbocycles. The molecule has 1 heterocycles. The minimum Gasteiger partial charge on any atom is -0.231 e. The highest BCUT2D eigenvalue weighted by molar-refractivity contribution is 6.35. The highest BCUT2D eigenvalue weighted by Gasteiger charge is 2.20. The summed E-state index contributed by atoms with van der Waals surface area (Å²) < 4.78 is 1.88. The average molecular weight is 407 g/mol. The first-order valence-electron chi connectivity index (χ1n) is 9.13. The van der Waals surface area contributed by atoms with Crippen LogP contribution in [0.4, 0.5) is 0 Å². The first-order valence-corrected chi connectivity index (χ1v) is 9.89. The molecule has 0 bridgehead atoms. The Kier molecular flexibility index (Phi) is 5.01. The number of aromatic nitrogens is 2. The number of halogens is 2. The van der Waals surface area contributed by atoms with Crippen LogP contribution in [0.15, 0.2) is 66.7 Å². The number of hydrogen-bond donors (Lipinski definition) is 0. The zero-order valence-electron chi connectivity index (χ0n) is 16.0. The summed E-state index contributed by atoms with van der Waals surface area (Å²) in [6, 6.07) is 22.5. The minimum absolute atomic E-state index is 0.629. The SMILES string of the molecule is Cc1ccc(-c2nn(-c3ccc(C)c(Cl)c3)c(-c3ccc(C)cc3)c2Cl)cc1. The third-order valence-electron chi connectivity index (χ3n) is 4.88. The second-order valence-corrected chi connectivity index (χ2v) is 7.87. The van der Waals surface area contributed by atoms with Crippen LogP contribution in [0.1, 0.15) is 16.7 Å². The van der Waals surface area contributed by atoms with E-state index < -0.39 is 0 Å². The maximum Gasteiger partial charge on any atom is 0.112 e. The van der Waals surface area contributed by atoms with Gasteiger partial charge < -0.3 is 0 Å². The van der Waals surface area contributed by atoms with Gasteiger partial charge in [0.25, 0.3) is 0 Å². The van der Waals surface area contributed by atoms with E-state index >= 15 is 0 Å². The summed E-state index contributed by atoms with van der Waals surface area (Å²) in [4.78, 5) is 0. The van der Waals surface area contributed by atoms with E-state index in [0.29, 0.717) is 10.0 Å². The van der Waals surface area contributed by atoms with Crippen LogP contribution in [0, 0.1) is 20.8 Å². The monoisotopic (exact) mass is 406 g/mol. The lowest BCUT2D eigenvalue weighted by molar-refractivity contribution is 0.891. The summed E-state index contributed by atoms with van der Waals surface area (Å²) in [5, 5.41) is 6.21. The molecule has 0 atom stereocenters. The van der Waals surface area contributed by atoms with Gasteiger partial charge in [-0.05, 0) is 38.5 Å². The summed E-state index contributed by atoms with van der Waals surface area (Å²) in [6.45, 7) is 6.12. The van der Waals surface area contributed by atoms with Crippen LogP contribution in [0.2, 0.25) is 10.0 Å². The van der Waals surface area contributed by atoms with Gasteiger partial charge in [-0.15, -0.1) is 0 Å². The lowest BCUT2D eigenvalue weighted by Gasteiger charge is -2.10. The Morgan fingerprint density at radius 1 is 0.714 bits per heavy atom. The van der Waals surface area contributed by atoms with Gasteiger partial charge in [0.15, 0.2) is 0 Å². The molecule has 0 unspecified atom stereocenters. The second kappa shape index (κ2) is 7.46. The molecule has 140 valence electrons. The van der Waals surface area contributed by atoms with Gasteiger partial charge in [0.2, 0.25) is 0 Å². The first kappa shape index (κ1) is 18.8. The van der Waals surface area contributed by atoms with E-state index in [1.165, 1.54) is 11.1 Å². The first-order chi connectivity index (χ1) is 13.4. The number of rotatable bonds is 3. The van der Waals surface area contributed by atoms with E-state index in [1.54, 1.807) is 0 Å². The van der Waals surface area contributed by atoms with Gasteiger partial charge in [0.1, 0.15) is 5.69 Å². The largest absolute Gasteiger partial charge is 0.231 e. The second-order valence-electron chi connectivity index (χ2n) is 7.09. The van der Waals surface area contributed by atoms with Crippen LogP contribution in [0.3, 0.4) is 0 Å². The normalized spacial score (nSPS) is 11.0. The van der Waals surface area contributed by atoms with Crippen molar-refractivity contribution in [3.05, 3.63) is 93.5 Å². The third-order valence-corrected chi connectivity index (χ3v) is 5.64. The molecule has 4 heteroatoms. The Morgan fingerprint density at radius 3 is 1.86 bits per heavy atom. The summed E-state index contributed by atoms with van der Waals surface area (Å²) >= 11 is 13.3. The van der Waals surface area contributed by atoms with Crippen LogP contribution >= 0.6 is 23.2 Å². The van der Waals surface area contributed by atoms with Gasteiger partial charge in [-0.25, -0.2) is 4.68 Å². The van der Waals surface area contributed by atoms with Crippen molar-refractivity contribution in [3.8, 4) is 28.2 Å². The lowest BCUT2D eigenvalue weighted by Crippen LogP contribution is -2.00. The molecule has 2 nitrogen and oxygen atoms in total. The summed E-state index contributed by atoms with van der Waals surface area (Å²) in [6.07, 6.45) is 0. The Morgan fingerprint density at radius 2 is 1.29 bits per heavy atom. The summed E-state index contributed by atoms with van der Waals surface area (Å²) in [7, 11) is 0. The highest BCUT2D eigenvalue weighted by Crippen LogP contribution is 2.38. The van der Waals surface area contributed by atoms with E-state index in [0.717, 1.165) is 33.8 Å². The topological polar surface area (TPSA) is 17.8 Å². The highest BCUT2D eigenvalue weighted by atomic mass is 35.5. The van der Waals surface area contributed by atoms with E-state index in [9.17, 15) is 0 Å². The molecule has 0 radical (unpaired) electrons. The Balaban J connectivity index is 1.97. The molecular weight excluding hydrogens is 387 g/mol. The molecule has 0 aliphatic heterocycles. The number of nitrogens with zero attached hydrogens (tertiary/aromatic N) is 2. The quantitative estimate of drug-likeness (QED) is 0.345. The van der Waals surface area contributed by atoms with Crippen LogP contribution in [0.25, 0.3) is 28.2 Å². The predicted octanol–water partition coefficient (Wildman–Crippen LogP) is 7.44. The number of aryl methyl sites for hydroxylation is 3. The van der Waals surface area contributed by atoms with Crippen molar-refractivity contribution in [2.75, 3.05) is 0 Å². The smallest absolute Gasteiger partial charge is 0.112 e. The lowest BCUT2D eigenvalue weighted by atomic mass is 10.1. The molecule has 1 aromatic heterocycles. The van der Waals surface area contributed by atoms with Crippen LogP contribution in [0.5, 0.6) is 0 Å². The van der Waals surface area contributed by atoms with Crippen molar-refractivity contribution in [3.63, 3.8) is 0 Å². The van der Waals surface area contributed by atoms with Crippen LogP contribution in [-0.4, -0.2) is 9.78 Å². The van der Waals surface area contributed by atoms with Crippen molar-refractivity contribution in [2.45, 2.75) is 20.8 Å². The summed E-state index contributed by atoms with van der Waals surface area (Å²) in [5.74, 6) is 0.